The fraction of sp³-hybridized carbons (Fsp3) is 1.00. The van der Waals surface area contributed by atoms with Gasteiger partial charge in [-0.2, -0.15) is 0 Å². The number of hydrogen-bond acceptors (Lipinski definition) is 4. The Hall–Kier alpha value is -0.160. The summed E-state index contributed by atoms with van der Waals surface area (Å²) in [7, 11) is 0. The zero-order valence-corrected chi connectivity index (χ0v) is 11.4. The largest absolute Gasteiger partial charge is 0.381 e. The molecule has 2 aliphatic heterocycles. The van der Waals surface area contributed by atoms with Crippen molar-refractivity contribution in [1.29, 1.82) is 0 Å². The maximum absolute atomic E-state index is 6.30. The van der Waals surface area contributed by atoms with E-state index in [1.165, 1.54) is 45.6 Å². The van der Waals surface area contributed by atoms with Crippen LogP contribution in [0.25, 0.3) is 0 Å². The van der Waals surface area contributed by atoms with Gasteiger partial charge in [-0.05, 0) is 25.2 Å². The number of hydrogen-bond donors (Lipinski definition) is 1. The van der Waals surface area contributed by atoms with Crippen LogP contribution < -0.4 is 5.73 Å². The van der Waals surface area contributed by atoms with E-state index >= 15 is 0 Å². The number of nitrogens with zero attached hydrogens (tertiary/aromatic N) is 2. The lowest BCUT2D eigenvalue weighted by Crippen LogP contribution is -2.51. The molecule has 0 aromatic heterocycles. The van der Waals surface area contributed by atoms with Crippen molar-refractivity contribution in [3.63, 3.8) is 0 Å². The molecule has 2 heterocycles. The Morgan fingerprint density at radius 3 is 2.39 bits per heavy atom. The third kappa shape index (κ3) is 3.44. The molecule has 0 aromatic carbocycles. The van der Waals surface area contributed by atoms with Gasteiger partial charge in [0.15, 0.2) is 0 Å². The minimum Gasteiger partial charge on any atom is -0.381 e. The van der Waals surface area contributed by atoms with Crippen LogP contribution in [-0.2, 0) is 4.74 Å². The molecule has 0 radical (unpaired) electrons. The van der Waals surface area contributed by atoms with Crippen LogP contribution in [0.1, 0.15) is 19.3 Å². The molecule has 0 bridgehead atoms. The third-order valence-corrected chi connectivity index (χ3v) is 4.72. The van der Waals surface area contributed by atoms with Gasteiger partial charge in [-0.3, -0.25) is 4.90 Å². The van der Waals surface area contributed by atoms with Gasteiger partial charge in [-0.1, -0.05) is 0 Å². The lowest BCUT2D eigenvalue weighted by Gasteiger charge is -2.36. The maximum Gasteiger partial charge on any atom is 0.0510 e. The summed E-state index contributed by atoms with van der Waals surface area (Å²) in [5.74, 6) is 1.61. The average molecular weight is 253 g/mol. The van der Waals surface area contributed by atoms with Crippen LogP contribution in [0.3, 0.4) is 0 Å². The standard InChI is InChI=1S/C14H27N3O/c15-14(13-3-8-18-11-13)10-17-6-4-16(5-7-17)9-12-1-2-12/h12-14H,1-11,15H2. The van der Waals surface area contributed by atoms with Gasteiger partial charge in [0.05, 0.1) is 6.61 Å². The molecule has 4 heteroatoms. The van der Waals surface area contributed by atoms with Gasteiger partial charge < -0.3 is 15.4 Å². The smallest absolute Gasteiger partial charge is 0.0510 e. The Bertz CT molecular complexity index is 256. The molecule has 1 aliphatic carbocycles. The van der Waals surface area contributed by atoms with Gasteiger partial charge >= 0.3 is 0 Å². The molecular formula is C14H27N3O. The highest BCUT2D eigenvalue weighted by Gasteiger charge is 2.28. The van der Waals surface area contributed by atoms with Crippen molar-refractivity contribution in [1.82, 2.24) is 9.80 Å². The van der Waals surface area contributed by atoms with E-state index in [9.17, 15) is 0 Å². The summed E-state index contributed by atoms with van der Waals surface area (Å²) in [5, 5.41) is 0. The van der Waals surface area contributed by atoms with Crippen LogP contribution >= 0.6 is 0 Å². The third-order valence-electron chi connectivity index (χ3n) is 4.72. The fourth-order valence-corrected chi connectivity index (χ4v) is 3.16. The zero-order chi connectivity index (χ0) is 12.4. The van der Waals surface area contributed by atoms with Gasteiger partial charge in [-0.25, -0.2) is 0 Å². The Balaban J connectivity index is 1.36. The number of rotatable bonds is 5. The summed E-state index contributed by atoms with van der Waals surface area (Å²) in [6.07, 6.45) is 4.09. The molecule has 3 rings (SSSR count). The molecule has 3 fully saturated rings. The van der Waals surface area contributed by atoms with E-state index in [1.807, 2.05) is 0 Å². The Kier molecular flexibility index (Phi) is 4.19. The SMILES string of the molecule is NC(CN1CCN(CC2CC2)CC1)C1CCOC1. The summed E-state index contributed by atoms with van der Waals surface area (Å²) in [6, 6.07) is 0.308. The molecule has 104 valence electrons. The second-order valence-corrected chi connectivity index (χ2v) is 6.33. The molecule has 2 N–H and O–H groups in total. The van der Waals surface area contributed by atoms with Gasteiger partial charge in [0.1, 0.15) is 0 Å². The van der Waals surface area contributed by atoms with Crippen molar-refractivity contribution in [2.75, 3.05) is 52.5 Å². The van der Waals surface area contributed by atoms with Crippen LogP contribution in [0, 0.1) is 11.8 Å². The maximum atomic E-state index is 6.30. The van der Waals surface area contributed by atoms with Crippen molar-refractivity contribution in [3.8, 4) is 0 Å². The fourth-order valence-electron chi connectivity index (χ4n) is 3.16. The number of nitrogens with two attached hydrogens (primary N) is 1. The van der Waals surface area contributed by atoms with Gasteiger partial charge in [0.2, 0.25) is 0 Å². The summed E-state index contributed by atoms with van der Waals surface area (Å²) < 4.78 is 5.43. The zero-order valence-electron chi connectivity index (χ0n) is 11.4. The highest BCUT2D eigenvalue weighted by molar-refractivity contribution is 4.84. The summed E-state index contributed by atoms with van der Waals surface area (Å²) in [6.45, 7) is 9.08. The van der Waals surface area contributed by atoms with Gasteiger partial charge in [0.25, 0.3) is 0 Å². The number of piperazine rings is 1. The van der Waals surface area contributed by atoms with E-state index in [2.05, 4.69) is 9.80 Å². The Morgan fingerprint density at radius 2 is 1.78 bits per heavy atom. The van der Waals surface area contributed by atoms with E-state index in [0.717, 1.165) is 32.1 Å². The van der Waals surface area contributed by atoms with Crippen LogP contribution in [0.2, 0.25) is 0 Å². The van der Waals surface area contributed by atoms with Crippen LogP contribution in [-0.4, -0.2) is 68.3 Å². The predicted octanol–water partition coefficient (Wildman–Crippen LogP) is 0.378. The topological polar surface area (TPSA) is 41.7 Å². The quantitative estimate of drug-likeness (QED) is 0.769. The molecule has 0 spiro atoms. The first-order valence-corrected chi connectivity index (χ1v) is 7.59. The van der Waals surface area contributed by atoms with Crippen LogP contribution in [0.15, 0.2) is 0 Å². The molecule has 1 saturated carbocycles. The molecule has 2 atom stereocenters. The average Bonchev–Trinajstić information content (AvgIpc) is 3.02. The van der Waals surface area contributed by atoms with Crippen molar-refractivity contribution in [3.05, 3.63) is 0 Å². The second-order valence-electron chi connectivity index (χ2n) is 6.33. The molecular weight excluding hydrogens is 226 g/mol. The van der Waals surface area contributed by atoms with E-state index in [4.69, 9.17) is 10.5 Å². The Morgan fingerprint density at radius 1 is 1.06 bits per heavy atom. The lowest BCUT2D eigenvalue weighted by atomic mass is 9.99. The van der Waals surface area contributed by atoms with Crippen LogP contribution in [0.5, 0.6) is 0 Å². The highest BCUT2D eigenvalue weighted by Crippen LogP contribution is 2.29. The van der Waals surface area contributed by atoms with E-state index in [-0.39, 0.29) is 0 Å². The number of ether oxygens (including phenoxy) is 1. The molecule has 4 nitrogen and oxygen atoms in total. The van der Waals surface area contributed by atoms with E-state index < -0.39 is 0 Å². The van der Waals surface area contributed by atoms with Crippen molar-refractivity contribution in [2.45, 2.75) is 25.3 Å². The van der Waals surface area contributed by atoms with Gasteiger partial charge in [-0.15, -0.1) is 0 Å². The molecule has 2 unspecified atom stereocenters. The molecule has 2 saturated heterocycles. The summed E-state index contributed by atoms with van der Waals surface area (Å²) >= 11 is 0. The van der Waals surface area contributed by atoms with Crippen molar-refractivity contribution >= 4 is 0 Å². The first-order chi connectivity index (χ1) is 8.81. The summed E-state index contributed by atoms with van der Waals surface area (Å²) in [4.78, 5) is 5.19. The van der Waals surface area contributed by atoms with Crippen LogP contribution in [0.4, 0.5) is 0 Å². The molecule has 18 heavy (non-hydrogen) atoms. The molecule has 0 aromatic rings. The Labute approximate surface area is 110 Å². The molecule has 3 aliphatic rings. The second kappa shape index (κ2) is 5.87. The first kappa shape index (κ1) is 12.9. The normalized spacial score (nSPS) is 32.8. The van der Waals surface area contributed by atoms with Gasteiger partial charge in [0, 0.05) is 57.8 Å². The summed E-state index contributed by atoms with van der Waals surface area (Å²) in [5.41, 5.74) is 6.30. The van der Waals surface area contributed by atoms with Crippen molar-refractivity contribution < 1.29 is 4.74 Å². The predicted molar refractivity (Wildman–Crippen MR) is 72.5 cm³/mol. The minimum absolute atomic E-state index is 0.308. The molecule has 0 amide bonds. The van der Waals surface area contributed by atoms with E-state index in [0.29, 0.717) is 12.0 Å². The first-order valence-electron chi connectivity index (χ1n) is 7.59. The monoisotopic (exact) mass is 253 g/mol. The van der Waals surface area contributed by atoms with Crippen molar-refractivity contribution in [2.24, 2.45) is 17.6 Å². The van der Waals surface area contributed by atoms with E-state index in [1.54, 1.807) is 0 Å². The minimum atomic E-state index is 0.308. The highest BCUT2D eigenvalue weighted by atomic mass is 16.5. The lowest BCUT2D eigenvalue weighted by molar-refractivity contribution is 0.113.